The van der Waals surface area contributed by atoms with E-state index in [4.69, 9.17) is 4.74 Å². The summed E-state index contributed by atoms with van der Waals surface area (Å²) < 4.78 is 7.96. The molecule has 1 N–H and O–H groups in total. The predicted octanol–water partition coefficient (Wildman–Crippen LogP) is 4.80. The minimum absolute atomic E-state index is 0.109. The molecular weight excluding hydrogens is 472 g/mol. The summed E-state index contributed by atoms with van der Waals surface area (Å²) >= 11 is 1.72. The molecule has 1 fully saturated rings. The molecule has 1 saturated heterocycles. The third-order valence-corrected chi connectivity index (χ3v) is 8.22. The van der Waals surface area contributed by atoms with E-state index in [1.54, 1.807) is 11.3 Å². The van der Waals surface area contributed by atoms with E-state index in [2.05, 4.69) is 63.7 Å². The number of benzene rings is 1. The SMILES string of the molecule is CCC(C)(C)n1nnnc1[C@@H](c1cc2cccc(C)c2[nH]c1=O)N(Cc1cccs1)C[C@H]1CCCO1. The minimum Gasteiger partial charge on any atom is -0.377 e. The van der Waals surface area contributed by atoms with E-state index in [1.165, 1.54) is 4.88 Å². The van der Waals surface area contributed by atoms with E-state index in [0.717, 1.165) is 42.3 Å². The van der Waals surface area contributed by atoms with Gasteiger partial charge in [-0.1, -0.05) is 31.2 Å². The number of tetrazole rings is 1. The van der Waals surface area contributed by atoms with Gasteiger partial charge in [-0.25, -0.2) is 4.68 Å². The van der Waals surface area contributed by atoms with Gasteiger partial charge < -0.3 is 9.72 Å². The van der Waals surface area contributed by atoms with Crippen LogP contribution >= 0.6 is 11.3 Å². The molecule has 9 heteroatoms. The highest BCUT2D eigenvalue weighted by molar-refractivity contribution is 7.09. The fourth-order valence-corrected chi connectivity index (χ4v) is 5.69. The Hall–Kier alpha value is -2.88. The number of thiophene rings is 1. The number of hydrogen-bond acceptors (Lipinski definition) is 7. The molecule has 4 heterocycles. The lowest BCUT2D eigenvalue weighted by atomic mass is 9.98. The first-order valence-electron chi connectivity index (χ1n) is 12.7. The van der Waals surface area contributed by atoms with Gasteiger partial charge in [0.25, 0.3) is 5.56 Å². The first-order chi connectivity index (χ1) is 17.4. The maximum absolute atomic E-state index is 13.7. The highest BCUT2D eigenvalue weighted by Gasteiger charge is 2.36. The second kappa shape index (κ2) is 10.2. The molecule has 4 aromatic rings. The average Bonchev–Trinajstić information content (AvgIpc) is 3.64. The topological polar surface area (TPSA) is 88.9 Å². The number of rotatable bonds is 9. The Bertz CT molecular complexity index is 1370. The molecule has 1 aliphatic rings. The number of hydrogen-bond donors (Lipinski definition) is 1. The summed E-state index contributed by atoms with van der Waals surface area (Å²) in [6, 6.07) is 11.9. The summed E-state index contributed by atoms with van der Waals surface area (Å²) in [7, 11) is 0. The third kappa shape index (κ3) is 4.87. The van der Waals surface area contributed by atoms with E-state index in [9.17, 15) is 4.79 Å². The van der Waals surface area contributed by atoms with Gasteiger partial charge in [0.1, 0.15) is 6.04 Å². The number of aromatic amines is 1. The number of ether oxygens (including phenoxy) is 1. The number of pyridine rings is 1. The molecule has 1 aromatic carbocycles. The molecule has 8 nitrogen and oxygen atoms in total. The number of nitrogens with one attached hydrogen (secondary N) is 1. The van der Waals surface area contributed by atoms with Gasteiger partial charge in [0.2, 0.25) is 0 Å². The van der Waals surface area contributed by atoms with Crippen LogP contribution in [0.3, 0.4) is 0 Å². The Kier molecular flexibility index (Phi) is 7.05. The minimum atomic E-state index is -0.439. The van der Waals surface area contributed by atoms with Crippen LogP contribution in [0.5, 0.6) is 0 Å². The summed E-state index contributed by atoms with van der Waals surface area (Å²) in [6.07, 6.45) is 3.02. The van der Waals surface area contributed by atoms with Crippen molar-refractivity contribution in [3.63, 3.8) is 0 Å². The van der Waals surface area contributed by atoms with Crippen LogP contribution in [-0.4, -0.2) is 49.3 Å². The molecule has 2 atom stereocenters. The molecule has 1 aliphatic heterocycles. The van der Waals surface area contributed by atoms with E-state index in [1.807, 2.05) is 35.9 Å². The van der Waals surface area contributed by atoms with E-state index in [-0.39, 0.29) is 17.2 Å². The molecular formula is C27H34N6O2S. The van der Waals surface area contributed by atoms with Gasteiger partial charge in [-0.2, -0.15) is 0 Å². The van der Waals surface area contributed by atoms with Gasteiger partial charge in [-0.3, -0.25) is 9.69 Å². The quantitative estimate of drug-likeness (QED) is 0.351. The zero-order valence-corrected chi connectivity index (χ0v) is 22.2. The third-order valence-electron chi connectivity index (χ3n) is 7.35. The van der Waals surface area contributed by atoms with Gasteiger partial charge in [-0.05, 0) is 78.9 Å². The van der Waals surface area contributed by atoms with Crippen LogP contribution < -0.4 is 5.56 Å². The summed E-state index contributed by atoms with van der Waals surface area (Å²) in [6.45, 7) is 10.5. The Morgan fingerprint density at radius 1 is 1.31 bits per heavy atom. The molecule has 0 aliphatic carbocycles. The van der Waals surface area contributed by atoms with Gasteiger partial charge in [0.15, 0.2) is 5.82 Å². The van der Waals surface area contributed by atoms with Gasteiger partial charge in [0.05, 0.1) is 17.2 Å². The fraction of sp³-hybridized carbons (Fsp3) is 0.481. The van der Waals surface area contributed by atoms with Crippen LogP contribution in [0, 0.1) is 6.92 Å². The monoisotopic (exact) mass is 506 g/mol. The van der Waals surface area contributed by atoms with Crippen molar-refractivity contribution in [3.05, 3.63) is 74.0 Å². The zero-order valence-electron chi connectivity index (χ0n) is 21.4. The summed E-state index contributed by atoms with van der Waals surface area (Å²) in [5, 5.41) is 16.1. The lowest BCUT2D eigenvalue weighted by Crippen LogP contribution is -2.41. The number of para-hydroxylation sites is 1. The molecule has 190 valence electrons. The first kappa shape index (κ1) is 24.8. The number of nitrogens with zero attached hydrogens (tertiary/aromatic N) is 5. The van der Waals surface area contributed by atoms with Gasteiger partial charge in [0, 0.05) is 30.1 Å². The first-order valence-corrected chi connectivity index (χ1v) is 13.5. The average molecular weight is 507 g/mol. The molecule has 0 amide bonds. The van der Waals surface area contributed by atoms with Crippen molar-refractivity contribution in [3.8, 4) is 0 Å². The van der Waals surface area contributed by atoms with Crippen LogP contribution in [0.15, 0.2) is 46.6 Å². The largest absolute Gasteiger partial charge is 0.377 e. The van der Waals surface area contributed by atoms with Crippen molar-refractivity contribution in [1.29, 1.82) is 0 Å². The Morgan fingerprint density at radius 2 is 2.17 bits per heavy atom. The zero-order chi connectivity index (χ0) is 25.3. The second-order valence-electron chi connectivity index (χ2n) is 10.3. The van der Waals surface area contributed by atoms with Crippen LogP contribution in [0.2, 0.25) is 0 Å². The van der Waals surface area contributed by atoms with Crippen LogP contribution in [-0.2, 0) is 16.8 Å². The molecule has 0 radical (unpaired) electrons. The fourth-order valence-electron chi connectivity index (χ4n) is 4.96. The number of fused-ring (bicyclic) bond motifs is 1. The lowest BCUT2D eigenvalue weighted by molar-refractivity contribution is 0.0566. The van der Waals surface area contributed by atoms with Crippen LogP contribution in [0.1, 0.15) is 67.9 Å². The van der Waals surface area contributed by atoms with Crippen molar-refractivity contribution in [1.82, 2.24) is 30.1 Å². The Balaban J connectivity index is 1.70. The predicted molar refractivity (Wildman–Crippen MR) is 142 cm³/mol. The molecule has 5 rings (SSSR count). The Morgan fingerprint density at radius 3 is 2.89 bits per heavy atom. The number of aromatic nitrogens is 5. The Labute approximate surface area is 215 Å². The van der Waals surface area contributed by atoms with Gasteiger partial charge >= 0.3 is 0 Å². The molecule has 36 heavy (non-hydrogen) atoms. The molecule has 0 saturated carbocycles. The van der Waals surface area contributed by atoms with Crippen molar-refractivity contribution < 1.29 is 4.74 Å². The summed E-state index contributed by atoms with van der Waals surface area (Å²) in [5.41, 5.74) is 2.12. The van der Waals surface area contributed by atoms with Crippen molar-refractivity contribution >= 4 is 22.2 Å². The van der Waals surface area contributed by atoms with Crippen LogP contribution in [0.4, 0.5) is 0 Å². The standard InChI is InChI=1S/C27H34N6O2S/c1-5-27(3,4)33-25(29-30-31-33)24(22-15-19-10-6-9-18(2)23(19)28-26(22)34)32(16-20-11-7-13-35-20)17-21-12-8-14-36-21/h6,8-10,12,14-15,20,24H,5,7,11,13,16-17H2,1-4H3,(H,28,34)/t20-,24-/m1/s1. The van der Waals surface area contributed by atoms with E-state index in [0.29, 0.717) is 24.5 Å². The van der Waals surface area contributed by atoms with Gasteiger partial charge in [-0.15, -0.1) is 16.4 Å². The molecule has 0 unspecified atom stereocenters. The van der Waals surface area contributed by atoms with Crippen molar-refractivity contribution in [2.45, 2.75) is 71.2 Å². The summed E-state index contributed by atoms with van der Waals surface area (Å²) in [4.78, 5) is 20.4. The van der Waals surface area contributed by atoms with E-state index >= 15 is 0 Å². The second-order valence-corrected chi connectivity index (χ2v) is 11.3. The van der Waals surface area contributed by atoms with E-state index < -0.39 is 6.04 Å². The van der Waals surface area contributed by atoms with Crippen molar-refractivity contribution in [2.24, 2.45) is 0 Å². The molecule has 0 spiro atoms. The van der Waals surface area contributed by atoms with Crippen molar-refractivity contribution in [2.75, 3.05) is 13.2 Å². The summed E-state index contributed by atoms with van der Waals surface area (Å²) in [5.74, 6) is 0.675. The normalized spacial score (nSPS) is 17.3. The highest BCUT2D eigenvalue weighted by atomic mass is 32.1. The maximum atomic E-state index is 13.7. The number of aryl methyl sites for hydroxylation is 1. The highest BCUT2D eigenvalue weighted by Crippen LogP contribution is 2.33. The lowest BCUT2D eigenvalue weighted by Gasteiger charge is -2.34. The smallest absolute Gasteiger partial charge is 0.253 e. The maximum Gasteiger partial charge on any atom is 0.253 e. The molecule has 3 aromatic heterocycles. The van der Waals surface area contributed by atoms with Crippen LogP contribution in [0.25, 0.3) is 10.9 Å². The molecule has 0 bridgehead atoms. The number of H-pyrrole nitrogens is 1.